The van der Waals surface area contributed by atoms with Gasteiger partial charge in [0.25, 0.3) is 0 Å². The molecule has 6 heteroatoms. The Morgan fingerprint density at radius 3 is 2.21 bits per heavy atom. The fourth-order valence-electron chi connectivity index (χ4n) is 3.24. The zero-order valence-electron chi connectivity index (χ0n) is 14.0. The van der Waals surface area contributed by atoms with Gasteiger partial charge in [-0.15, -0.1) is 0 Å². The summed E-state index contributed by atoms with van der Waals surface area (Å²) in [4.78, 5) is 26.0. The Morgan fingerprint density at radius 1 is 1.08 bits per heavy atom. The average Bonchev–Trinajstić information content (AvgIpc) is 2.75. The number of nitrogens with zero attached hydrogens (tertiary/aromatic N) is 1. The van der Waals surface area contributed by atoms with Gasteiger partial charge in [-0.25, -0.2) is 0 Å². The molecule has 0 radical (unpaired) electrons. The van der Waals surface area contributed by atoms with Gasteiger partial charge in [0.15, 0.2) is 0 Å². The number of amides is 2. The highest BCUT2D eigenvalue weighted by Gasteiger charge is 2.22. The number of carbonyl (C=O) groups is 2. The maximum absolute atomic E-state index is 12.2. The van der Waals surface area contributed by atoms with E-state index in [1.807, 2.05) is 4.90 Å². The van der Waals surface area contributed by atoms with E-state index in [0.717, 1.165) is 25.7 Å². The number of carbonyl (C=O) groups excluding carboxylic acids is 2. The Labute approximate surface area is 153 Å². The molecular weight excluding hydrogens is 347 g/mol. The summed E-state index contributed by atoms with van der Waals surface area (Å²) in [5, 5.41) is 3.73. The molecule has 24 heavy (non-hydrogen) atoms. The average molecular weight is 371 g/mol. The van der Waals surface area contributed by atoms with Gasteiger partial charge in [0.2, 0.25) is 11.8 Å². The van der Waals surface area contributed by atoms with Gasteiger partial charge in [0.1, 0.15) is 0 Å². The number of hydrogen-bond donors (Lipinski definition) is 1. The molecule has 0 saturated heterocycles. The largest absolute Gasteiger partial charge is 0.339 e. The monoisotopic (exact) mass is 370 g/mol. The van der Waals surface area contributed by atoms with E-state index in [1.54, 1.807) is 25.1 Å². The van der Waals surface area contributed by atoms with Crippen LogP contribution in [0.3, 0.4) is 0 Å². The number of benzene rings is 1. The molecule has 132 valence electrons. The lowest BCUT2D eigenvalue weighted by Gasteiger charge is -2.30. The van der Waals surface area contributed by atoms with Crippen LogP contribution >= 0.6 is 23.2 Å². The Bertz CT molecular complexity index is 564. The third-order valence-corrected chi connectivity index (χ3v) is 4.83. The zero-order valence-corrected chi connectivity index (χ0v) is 15.5. The van der Waals surface area contributed by atoms with Crippen molar-refractivity contribution in [3.63, 3.8) is 0 Å². The molecule has 0 unspecified atom stereocenters. The quantitative estimate of drug-likeness (QED) is 0.749. The number of nitrogens with one attached hydrogen (secondary N) is 1. The maximum atomic E-state index is 12.2. The molecule has 1 aromatic rings. The van der Waals surface area contributed by atoms with E-state index in [4.69, 9.17) is 23.2 Å². The van der Waals surface area contributed by atoms with Crippen molar-refractivity contribution in [2.24, 2.45) is 0 Å². The fourth-order valence-corrected chi connectivity index (χ4v) is 3.76. The number of halogens is 2. The Hall–Kier alpha value is -1.26. The molecule has 1 fully saturated rings. The minimum absolute atomic E-state index is 0.0421. The summed E-state index contributed by atoms with van der Waals surface area (Å²) < 4.78 is 0. The topological polar surface area (TPSA) is 49.4 Å². The summed E-state index contributed by atoms with van der Waals surface area (Å²) >= 11 is 11.9. The first-order valence-electron chi connectivity index (χ1n) is 8.49. The molecule has 1 saturated carbocycles. The molecule has 0 spiro atoms. The lowest BCUT2D eigenvalue weighted by molar-refractivity contribution is -0.131. The van der Waals surface area contributed by atoms with Gasteiger partial charge in [-0.1, -0.05) is 48.9 Å². The first-order valence-corrected chi connectivity index (χ1v) is 9.24. The second-order valence-corrected chi connectivity index (χ2v) is 7.19. The van der Waals surface area contributed by atoms with E-state index < -0.39 is 0 Å². The first kappa shape index (κ1) is 19.1. The SMILES string of the molecule is CC(=O)N(CCC(=O)Nc1cc(Cl)cc(Cl)c1)C1CCCCCC1. The van der Waals surface area contributed by atoms with Crippen LogP contribution in [0.4, 0.5) is 5.69 Å². The number of hydrogen-bond acceptors (Lipinski definition) is 2. The highest BCUT2D eigenvalue weighted by Crippen LogP contribution is 2.24. The minimum atomic E-state index is -0.145. The van der Waals surface area contributed by atoms with Crippen molar-refractivity contribution in [3.05, 3.63) is 28.2 Å². The Morgan fingerprint density at radius 2 is 1.67 bits per heavy atom. The van der Waals surface area contributed by atoms with Crippen LogP contribution < -0.4 is 5.32 Å². The van der Waals surface area contributed by atoms with E-state index in [0.29, 0.717) is 22.3 Å². The van der Waals surface area contributed by atoms with Crippen LogP contribution in [0, 0.1) is 0 Å². The van der Waals surface area contributed by atoms with Crippen LogP contribution in [0.1, 0.15) is 51.9 Å². The van der Waals surface area contributed by atoms with E-state index in [-0.39, 0.29) is 24.3 Å². The van der Waals surface area contributed by atoms with Crippen molar-refractivity contribution in [1.82, 2.24) is 4.90 Å². The molecule has 4 nitrogen and oxygen atoms in total. The standard InChI is InChI=1S/C18H24Cl2N2O2/c1-13(23)22(17-6-4-2-3-5-7-17)9-8-18(24)21-16-11-14(19)10-15(20)12-16/h10-12,17H,2-9H2,1H3,(H,21,24). The van der Waals surface area contributed by atoms with Crippen molar-refractivity contribution in [2.45, 2.75) is 57.9 Å². The second-order valence-electron chi connectivity index (χ2n) is 6.31. The van der Waals surface area contributed by atoms with Crippen LogP contribution in [-0.4, -0.2) is 29.3 Å². The van der Waals surface area contributed by atoms with E-state index in [1.165, 1.54) is 12.8 Å². The van der Waals surface area contributed by atoms with Crippen molar-refractivity contribution < 1.29 is 9.59 Å². The normalized spacial score (nSPS) is 15.6. The molecule has 1 aromatic carbocycles. The summed E-state index contributed by atoms with van der Waals surface area (Å²) in [6, 6.07) is 5.18. The van der Waals surface area contributed by atoms with Crippen LogP contribution in [0.15, 0.2) is 18.2 Å². The summed E-state index contributed by atoms with van der Waals surface area (Å²) in [6.07, 6.45) is 7.11. The smallest absolute Gasteiger partial charge is 0.226 e. The van der Waals surface area contributed by atoms with Gasteiger partial charge in [-0.2, -0.15) is 0 Å². The molecule has 1 aliphatic rings. The highest BCUT2D eigenvalue weighted by atomic mass is 35.5. The molecule has 1 N–H and O–H groups in total. The molecule has 0 atom stereocenters. The van der Waals surface area contributed by atoms with Gasteiger partial charge in [0.05, 0.1) is 0 Å². The summed E-state index contributed by atoms with van der Waals surface area (Å²) in [6.45, 7) is 2.03. The molecular formula is C18H24Cl2N2O2. The van der Waals surface area contributed by atoms with Crippen LogP contribution in [-0.2, 0) is 9.59 Å². The lowest BCUT2D eigenvalue weighted by Crippen LogP contribution is -2.40. The molecule has 2 rings (SSSR count). The zero-order chi connectivity index (χ0) is 17.5. The Balaban J connectivity index is 1.90. The molecule has 0 heterocycles. The number of rotatable bonds is 5. The van der Waals surface area contributed by atoms with E-state index >= 15 is 0 Å². The predicted molar refractivity (Wildman–Crippen MR) is 98.6 cm³/mol. The molecule has 0 aliphatic heterocycles. The summed E-state index contributed by atoms with van der Waals surface area (Å²) in [5.74, 6) is -0.103. The van der Waals surface area contributed by atoms with E-state index in [2.05, 4.69) is 5.32 Å². The predicted octanol–water partition coefficient (Wildman–Crippen LogP) is 4.89. The van der Waals surface area contributed by atoms with Gasteiger partial charge < -0.3 is 10.2 Å². The molecule has 0 bridgehead atoms. The van der Waals surface area contributed by atoms with Crippen molar-refractivity contribution >= 4 is 40.7 Å². The van der Waals surface area contributed by atoms with Crippen molar-refractivity contribution in [3.8, 4) is 0 Å². The van der Waals surface area contributed by atoms with Gasteiger partial charge in [-0.05, 0) is 31.0 Å². The third-order valence-electron chi connectivity index (χ3n) is 4.40. The van der Waals surface area contributed by atoms with Gasteiger partial charge in [-0.3, -0.25) is 9.59 Å². The second kappa shape index (κ2) is 9.28. The molecule has 0 aromatic heterocycles. The van der Waals surface area contributed by atoms with E-state index in [9.17, 15) is 9.59 Å². The summed E-state index contributed by atoms with van der Waals surface area (Å²) in [7, 11) is 0. The van der Waals surface area contributed by atoms with Gasteiger partial charge in [0, 0.05) is 41.7 Å². The molecule has 2 amide bonds. The Kier molecular flexibility index (Phi) is 7.38. The van der Waals surface area contributed by atoms with Crippen molar-refractivity contribution in [2.75, 3.05) is 11.9 Å². The summed E-state index contributed by atoms with van der Waals surface area (Å²) in [5.41, 5.74) is 0.571. The van der Waals surface area contributed by atoms with Crippen LogP contribution in [0.2, 0.25) is 10.0 Å². The maximum Gasteiger partial charge on any atom is 0.226 e. The third kappa shape index (κ3) is 5.99. The number of anilines is 1. The van der Waals surface area contributed by atoms with Gasteiger partial charge >= 0.3 is 0 Å². The van der Waals surface area contributed by atoms with Crippen molar-refractivity contribution in [1.29, 1.82) is 0 Å². The minimum Gasteiger partial charge on any atom is -0.339 e. The fraction of sp³-hybridized carbons (Fsp3) is 0.556. The molecule has 1 aliphatic carbocycles. The first-order chi connectivity index (χ1) is 11.5. The van der Waals surface area contributed by atoms with Crippen LogP contribution in [0.25, 0.3) is 0 Å². The lowest BCUT2D eigenvalue weighted by atomic mass is 10.1. The highest BCUT2D eigenvalue weighted by molar-refractivity contribution is 6.35. The van der Waals surface area contributed by atoms with Crippen LogP contribution in [0.5, 0.6) is 0 Å².